The zero-order chi connectivity index (χ0) is 16.4. The number of nitrogens with zero attached hydrogens (tertiary/aromatic N) is 1. The number of carbonyl (C=O) groups is 1. The van der Waals surface area contributed by atoms with E-state index in [0.29, 0.717) is 11.3 Å². The number of phenols is 1. The number of methoxy groups -OCH3 is 1. The van der Waals surface area contributed by atoms with Crippen LogP contribution in [0.1, 0.15) is 23.2 Å². The summed E-state index contributed by atoms with van der Waals surface area (Å²) in [6.07, 6.45) is 2.16. The Bertz CT molecular complexity index is 739. The topological polar surface area (TPSA) is 49.8 Å². The maximum atomic E-state index is 12.4. The van der Waals surface area contributed by atoms with Gasteiger partial charge in [0.05, 0.1) is 7.11 Å². The third-order valence-electron chi connectivity index (χ3n) is 4.10. The van der Waals surface area contributed by atoms with Crippen molar-refractivity contribution >= 4 is 21.8 Å². The fourth-order valence-corrected chi connectivity index (χ4v) is 3.45. The highest BCUT2D eigenvalue weighted by molar-refractivity contribution is 9.10. The number of hydrogen-bond acceptors (Lipinski definition) is 3. The van der Waals surface area contributed by atoms with Gasteiger partial charge in [-0.15, -0.1) is 0 Å². The molecule has 23 heavy (non-hydrogen) atoms. The molecule has 0 spiro atoms. The van der Waals surface area contributed by atoms with Gasteiger partial charge in [0.25, 0.3) is 5.91 Å². The number of halogens is 1. The molecular weight excluding hydrogens is 358 g/mol. The molecule has 1 fully saturated rings. The molecule has 0 radical (unpaired) electrons. The molecule has 1 saturated heterocycles. The van der Waals surface area contributed by atoms with Crippen LogP contribution >= 0.6 is 15.9 Å². The lowest BCUT2D eigenvalue weighted by molar-refractivity contribution is 0.0793. The van der Waals surface area contributed by atoms with Gasteiger partial charge in [-0.3, -0.25) is 4.79 Å². The van der Waals surface area contributed by atoms with Crippen molar-refractivity contribution in [1.29, 1.82) is 0 Å². The van der Waals surface area contributed by atoms with Crippen LogP contribution in [0.3, 0.4) is 0 Å². The van der Waals surface area contributed by atoms with Crippen LogP contribution in [0, 0.1) is 0 Å². The molecular formula is C18H18BrNO3. The average molecular weight is 376 g/mol. The smallest absolute Gasteiger partial charge is 0.253 e. The van der Waals surface area contributed by atoms with Crippen molar-refractivity contribution in [3.63, 3.8) is 0 Å². The summed E-state index contributed by atoms with van der Waals surface area (Å²) in [6, 6.07) is 10.8. The Kier molecular flexibility index (Phi) is 4.57. The second-order valence-electron chi connectivity index (χ2n) is 5.58. The highest BCUT2D eigenvalue weighted by Crippen LogP contribution is 2.35. The van der Waals surface area contributed by atoms with Crippen LogP contribution in [0.5, 0.6) is 11.5 Å². The van der Waals surface area contributed by atoms with Crippen molar-refractivity contribution in [3.05, 3.63) is 46.4 Å². The first kappa shape index (κ1) is 15.9. The normalized spacial score (nSPS) is 14.1. The lowest BCUT2D eigenvalue weighted by Crippen LogP contribution is -2.27. The van der Waals surface area contributed by atoms with E-state index in [0.717, 1.165) is 41.5 Å². The fraction of sp³-hybridized carbons (Fsp3) is 0.278. The monoisotopic (exact) mass is 375 g/mol. The van der Waals surface area contributed by atoms with Gasteiger partial charge in [0.1, 0.15) is 0 Å². The molecule has 0 bridgehead atoms. The molecule has 3 rings (SSSR count). The molecule has 0 saturated carbocycles. The molecule has 4 nitrogen and oxygen atoms in total. The SMILES string of the molecule is COc1ccc(-c2ccc(C(=O)N3CCCC3)cc2Br)cc1O. The second-order valence-corrected chi connectivity index (χ2v) is 6.43. The Morgan fingerprint density at radius 1 is 1.17 bits per heavy atom. The molecule has 5 heteroatoms. The standard InChI is InChI=1S/C18H18BrNO3/c1-23-17-7-5-12(11-16(17)21)14-6-4-13(10-15(14)19)18(22)20-8-2-3-9-20/h4-7,10-11,21H,2-3,8-9H2,1H3. The Hall–Kier alpha value is -2.01. The highest BCUT2D eigenvalue weighted by atomic mass is 79.9. The molecule has 0 atom stereocenters. The van der Waals surface area contributed by atoms with Gasteiger partial charge in [0.2, 0.25) is 0 Å². The van der Waals surface area contributed by atoms with Crippen molar-refractivity contribution in [2.75, 3.05) is 20.2 Å². The average Bonchev–Trinajstić information content (AvgIpc) is 3.08. The number of likely N-dealkylation sites (tertiary alicyclic amines) is 1. The van der Waals surface area contributed by atoms with E-state index in [1.54, 1.807) is 12.1 Å². The van der Waals surface area contributed by atoms with Gasteiger partial charge in [-0.05, 0) is 48.2 Å². The van der Waals surface area contributed by atoms with Crippen molar-refractivity contribution in [1.82, 2.24) is 4.90 Å². The number of aromatic hydroxyl groups is 1. The largest absolute Gasteiger partial charge is 0.504 e. The van der Waals surface area contributed by atoms with Crippen LogP contribution in [0.2, 0.25) is 0 Å². The van der Waals surface area contributed by atoms with Gasteiger partial charge >= 0.3 is 0 Å². The quantitative estimate of drug-likeness (QED) is 0.879. The number of ether oxygens (including phenoxy) is 1. The zero-order valence-electron chi connectivity index (χ0n) is 12.9. The number of carbonyl (C=O) groups excluding carboxylic acids is 1. The first-order chi connectivity index (χ1) is 11.1. The van der Waals surface area contributed by atoms with Crippen LogP contribution in [0.25, 0.3) is 11.1 Å². The van der Waals surface area contributed by atoms with E-state index in [4.69, 9.17) is 4.74 Å². The minimum Gasteiger partial charge on any atom is -0.504 e. The molecule has 0 aromatic heterocycles. The number of phenolic OH excluding ortho intramolecular Hbond substituents is 1. The van der Waals surface area contributed by atoms with Crippen molar-refractivity contribution in [2.24, 2.45) is 0 Å². The van der Waals surface area contributed by atoms with Crippen molar-refractivity contribution in [3.8, 4) is 22.6 Å². The maximum absolute atomic E-state index is 12.4. The minimum absolute atomic E-state index is 0.0762. The molecule has 2 aromatic carbocycles. The molecule has 1 aliphatic heterocycles. The van der Waals surface area contributed by atoms with Crippen LogP contribution in [-0.2, 0) is 0 Å². The molecule has 2 aromatic rings. The van der Waals surface area contributed by atoms with E-state index >= 15 is 0 Å². The number of rotatable bonds is 3. The predicted octanol–water partition coefficient (Wildman–Crippen LogP) is 4.07. The fourth-order valence-electron chi connectivity index (χ4n) is 2.84. The van der Waals surface area contributed by atoms with E-state index < -0.39 is 0 Å². The van der Waals surface area contributed by atoms with Gasteiger partial charge in [-0.1, -0.05) is 28.1 Å². The molecule has 0 unspecified atom stereocenters. The highest BCUT2D eigenvalue weighted by Gasteiger charge is 2.20. The van der Waals surface area contributed by atoms with Crippen LogP contribution in [0.4, 0.5) is 0 Å². The lowest BCUT2D eigenvalue weighted by Gasteiger charge is -2.16. The molecule has 1 N–H and O–H groups in total. The van der Waals surface area contributed by atoms with Gasteiger partial charge < -0.3 is 14.7 Å². The summed E-state index contributed by atoms with van der Waals surface area (Å²) >= 11 is 3.54. The summed E-state index contributed by atoms with van der Waals surface area (Å²) < 4.78 is 5.89. The van der Waals surface area contributed by atoms with Gasteiger partial charge in [-0.2, -0.15) is 0 Å². The third-order valence-corrected chi connectivity index (χ3v) is 4.76. The second kappa shape index (κ2) is 6.62. The number of benzene rings is 2. The van der Waals surface area contributed by atoms with Crippen LogP contribution in [-0.4, -0.2) is 36.1 Å². The maximum Gasteiger partial charge on any atom is 0.253 e. The molecule has 1 amide bonds. The van der Waals surface area contributed by atoms with Crippen molar-refractivity contribution < 1.29 is 14.6 Å². The van der Waals surface area contributed by atoms with Crippen LogP contribution in [0.15, 0.2) is 40.9 Å². The summed E-state index contributed by atoms with van der Waals surface area (Å²) in [5.74, 6) is 0.604. The van der Waals surface area contributed by atoms with E-state index in [2.05, 4.69) is 15.9 Å². The number of amides is 1. The van der Waals surface area contributed by atoms with E-state index in [1.807, 2.05) is 29.2 Å². The van der Waals surface area contributed by atoms with E-state index in [-0.39, 0.29) is 11.7 Å². The van der Waals surface area contributed by atoms with Crippen LogP contribution < -0.4 is 4.74 Å². The summed E-state index contributed by atoms with van der Waals surface area (Å²) in [4.78, 5) is 14.3. The predicted molar refractivity (Wildman–Crippen MR) is 92.9 cm³/mol. The Labute approximate surface area is 143 Å². The Morgan fingerprint density at radius 2 is 1.91 bits per heavy atom. The molecule has 1 aliphatic rings. The van der Waals surface area contributed by atoms with E-state index in [9.17, 15) is 9.90 Å². The summed E-state index contributed by atoms with van der Waals surface area (Å²) in [5.41, 5.74) is 2.46. The minimum atomic E-state index is 0.0762. The molecule has 0 aliphatic carbocycles. The summed E-state index contributed by atoms with van der Waals surface area (Å²) in [6.45, 7) is 1.68. The van der Waals surface area contributed by atoms with Gasteiger partial charge in [0, 0.05) is 23.1 Å². The van der Waals surface area contributed by atoms with E-state index in [1.165, 1.54) is 7.11 Å². The Morgan fingerprint density at radius 3 is 2.52 bits per heavy atom. The molecule has 120 valence electrons. The Balaban J connectivity index is 1.90. The van der Waals surface area contributed by atoms with Gasteiger partial charge in [-0.25, -0.2) is 0 Å². The summed E-state index contributed by atoms with van der Waals surface area (Å²) in [7, 11) is 1.52. The molecule has 1 heterocycles. The lowest BCUT2D eigenvalue weighted by atomic mass is 10.0. The number of hydrogen-bond donors (Lipinski definition) is 1. The first-order valence-electron chi connectivity index (χ1n) is 7.56. The third kappa shape index (κ3) is 3.20. The first-order valence-corrected chi connectivity index (χ1v) is 8.35. The van der Waals surface area contributed by atoms with Crippen molar-refractivity contribution in [2.45, 2.75) is 12.8 Å². The zero-order valence-corrected chi connectivity index (χ0v) is 14.5. The van der Waals surface area contributed by atoms with Gasteiger partial charge in [0.15, 0.2) is 11.5 Å². The summed E-state index contributed by atoms with van der Waals surface area (Å²) in [5, 5.41) is 9.93.